The average Bonchev–Trinajstić information content (AvgIpc) is 2.77. The third kappa shape index (κ3) is 4.23. The predicted octanol–water partition coefficient (Wildman–Crippen LogP) is 9.10. The van der Waals surface area contributed by atoms with Gasteiger partial charge in [-0.2, -0.15) is 0 Å². The fraction of sp³-hybridized carbons (Fsp3) is 0.812. The van der Waals surface area contributed by atoms with Gasteiger partial charge < -0.3 is 5.73 Å². The van der Waals surface area contributed by atoms with E-state index in [4.69, 9.17) is 12.3 Å². The lowest BCUT2D eigenvalue weighted by molar-refractivity contribution is -0.118. The Morgan fingerprint density at radius 1 is 0.909 bits per heavy atom. The van der Waals surface area contributed by atoms with Gasteiger partial charge in [0.25, 0.3) is 0 Å². The zero-order valence-corrected chi connectivity index (χ0v) is 23.2. The monoisotopic (exact) mass is 453 g/mol. The van der Waals surface area contributed by atoms with Crippen molar-refractivity contribution in [3.8, 4) is 0 Å². The minimum absolute atomic E-state index is 0.398. The summed E-state index contributed by atoms with van der Waals surface area (Å²) in [6.45, 7) is 24.4. The van der Waals surface area contributed by atoms with E-state index in [2.05, 4.69) is 40.3 Å². The molecule has 0 aromatic heterocycles. The third-order valence-electron chi connectivity index (χ3n) is 11.1. The van der Waals surface area contributed by atoms with Gasteiger partial charge in [-0.05, 0) is 104 Å². The van der Waals surface area contributed by atoms with Gasteiger partial charge in [0, 0.05) is 6.04 Å². The molecule has 4 saturated carbocycles. The molecule has 0 aromatic rings. The maximum Gasteiger partial charge on any atom is 0.00675 e. The first-order valence-electron chi connectivity index (χ1n) is 14.4. The van der Waals surface area contributed by atoms with Crippen molar-refractivity contribution in [3.63, 3.8) is 0 Å². The molecule has 5 aliphatic carbocycles. The van der Waals surface area contributed by atoms with Gasteiger partial charge in [-0.15, -0.1) is 6.58 Å². The molecule has 0 saturated heterocycles. The lowest BCUT2D eigenvalue weighted by atomic mass is 9.38. The molecule has 5 rings (SSSR count). The summed E-state index contributed by atoms with van der Waals surface area (Å²) in [5, 5.41) is 0. The highest BCUT2D eigenvalue weighted by Gasteiger charge is 2.62. The first kappa shape index (κ1) is 26.8. The highest BCUT2D eigenvalue weighted by molar-refractivity contribution is 5.39. The average molecular weight is 454 g/mol. The maximum absolute atomic E-state index is 6.54. The molecule has 0 amide bonds. The van der Waals surface area contributed by atoms with Gasteiger partial charge in [-0.3, -0.25) is 0 Å². The van der Waals surface area contributed by atoms with Crippen LogP contribution in [0.3, 0.4) is 0 Å². The van der Waals surface area contributed by atoms with Crippen LogP contribution in [0.5, 0.6) is 0 Å². The molecular weight excluding hydrogens is 398 g/mol. The van der Waals surface area contributed by atoms with Crippen LogP contribution >= 0.6 is 0 Å². The molecule has 0 radical (unpaired) electrons. The van der Waals surface area contributed by atoms with Gasteiger partial charge in [0.2, 0.25) is 0 Å². The second-order valence-electron chi connectivity index (χ2n) is 12.8. The Balaban J connectivity index is 0.000000569. The molecule has 0 aromatic carbocycles. The van der Waals surface area contributed by atoms with E-state index in [1.165, 1.54) is 69.8 Å². The number of hydrogen-bond acceptors (Lipinski definition) is 1. The Morgan fingerprint density at radius 2 is 1.55 bits per heavy atom. The van der Waals surface area contributed by atoms with Crippen LogP contribution < -0.4 is 5.73 Å². The standard InChI is InChI=1S/C27H43N.C3H6.C2H6/c1-17-16-19-21-8-6-7-12-25(21,3)13-9-22(19)27(5)14-10-20-18(2)23(28)11-15-26(20,4)24(17)27;1-3-2;1-2/h16,18,20-24H,1,6-15,28H2,2-5H3;3H,1H2,2H3;1-2H3. The van der Waals surface area contributed by atoms with Crippen LogP contribution in [0.15, 0.2) is 36.5 Å². The zero-order valence-electron chi connectivity index (χ0n) is 23.2. The van der Waals surface area contributed by atoms with Crippen molar-refractivity contribution in [3.05, 3.63) is 36.5 Å². The molecule has 188 valence electrons. The van der Waals surface area contributed by atoms with Gasteiger partial charge in [0.15, 0.2) is 0 Å². The van der Waals surface area contributed by atoms with Gasteiger partial charge in [-0.25, -0.2) is 0 Å². The maximum atomic E-state index is 6.54. The largest absolute Gasteiger partial charge is 0.327 e. The molecule has 33 heavy (non-hydrogen) atoms. The fourth-order valence-corrected chi connectivity index (χ4v) is 9.72. The molecule has 4 fully saturated rings. The normalized spacial score (nSPS) is 48.1. The minimum Gasteiger partial charge on any atom is -0.327 e. The van der Waals surface area contributed by atoms with Crippen molar-refractivity contribution in [1.82, 2.24) is 0 Å². The van der Waals surface area contributed by atoms with Crippen molar-refractivity contribution < 1.29 is 0 Å². The molecule has 0 spiro atoms. The second kappa shape index (κ2) is 10.0. The molecule has 1 heteroatoms. The van der Waals surface area contributed by atoms with Crippen LogP contribution in [0.25, 0.3) is 0 Å². The molecular formula is C32H55N. The molecule has 0 aliphatic heterocycles. The highest BCUT2D eigenvalue weighted by Crippen LogP contribution is 2.70. The topological polar surface area (TPSA) is 26.0 Å². The van der Waals surface area contributed by atoms with Crippen molar-refractivity contribution >= 4 is 0 Å². The Hall–Kier alpha value is -0.820. The number of hydrogen-bond donors (Lipinski definition) is 1. The van der Waals surface area contributed by atoms with Gasteiger partial charge in [-0.1, -0.05) is 84.3 Å². The number of rotatable bonds is 0. The quantitative estimate of drug-likeness (QED) is 0.363. The molecule has 9 unspecified atom stereocenters. The minimum atomic E-state index is 0.398. The predicted molar refractivity (Wildman–Crippen MR) is 146 cm³/mol. The van der Waals surface area contributed by atoms with Crippen LogP contribution in [-0.2, 0) is 0 Å². The SMILES string of the molecule is C=C1C=C2C3CCCCC3(C)CCC2C2(C)CCC3C(C)C(N)CCC3(C)C12.C=CC.CC. The first-order valence-corrected chi connectivity index (χ1v) is 14.4. The van der Waals surface area contributed by atoms with E-state index >= 15 is 0 Å². The summed E-state index contributed by atoms with van der Waals surface area (Å²) in [5.74, 6) is 3.75. The smallest absolute Gasteiger partial charge is 0.00675 e. The Bertz CT molecular complexity index is 748. The Morgan fingerprint density at radius 3 is 2.21 bits per heavy atom. The molecule has 0 heterocycles. The summed E-state index contributed by atoms with van der Waals surface area (Å²) in [5.41, 5.74) is 11.2. The van der Waals surface area contributed by atoms with Crippen LogP contribution in [0.2, 0.25) is 0 Å². The fourth-order valence-electron chi connectivity index (χ4n) is 9.72. The first-order chi connectivity index (χ1) is 15.6. The lowest BCUT2D eigenvalue weighted by Gasteiger charge is -2.66. The van der Waals surface area contributed by atoms with Gasteiger partial charge >= 0.3 is 0 Å². The van der Waals surface area contributed by atoms with E-state index in [9.17, 15) is 0 Å². The summed E-state index contributed by atoms with van der Waals surface area (Å²) >= 11 is 0. The van der Waals surface area contributed by atoms with E-state index in [0.29, 0.717) is 34.1 Å². The summed E-state index contributed by atoms with van der Waals surface area (Å²) in [6, 6.07) is 0.406. The highest BCUT2D eigenvalue weighted by atomic mass is 14.7. The van der Waals surface area contributed by atoms with Crippen LogP contribution in [0.4, 0.5) is 0 Å². The summed E-state index contributed by atoms with van der Waals surface area (Å²) in [7, 11) is 0. The Labute approximate surface area is 206 Å². The summed E-state index contributed by atoms with van der Waals surface area (Å²) in [4.78, 5) is 0. The molecule has 2 N–H and O–H groups in total. The van der Waals surface area contributed by atoms with Crippen molar-refractivity contribution in [1.29, 1.82) is 0 Å². The molecule has 0 bridgehead atoms. The summed E-state index contributed by atoms with van der Waals surface area (Å²) in [6.07, 6.45) is 18.3. The van der Waals surface area contributed by atoms with Crippen molar-refractivity contribution in [2.75, 3.05) is 0 Å². The van der Waals surface area contributed by atoms with Crippen LogP contribution in [-0.4, -0.2) is 6.04 Å². The van der Waals surface area contributed by atoms with Gasteiger partial charge in [0.05, 0.1) is 0 Å². The zero-order chi connectivity index (χ0) is 24.6. The van der Waals surface area contributed by atoms with Crippen molar-refractivity contribution in [2.45, 2.75) is 119 Å². The van der Waals surface area contributed by atoms with E-state index in [0.717, 1.165) is 17.8 Å². The van der Waals surface area contributed by atoms with E-state index in [-0.39, 0.29) is 0 Å². The van der Waals surface area contributed by atoms with E-state index in [1.54, 1.807) is 6.08 Å². The van der Waals surface area contributed by atoms with E-state index in [1.807, 2.05) is 26.3 Å². The van der Waals surface area contributed by atoms with Gasteiger partial charge in [0.1, 0.15) is 0 Å². The molecule has 5 aliphatic rings. The number of nitrogens with two attached hydrogens (primary N) is 1. The third-order valence-corrected chi connectivity index (χ3v) is 11.1. The second-order valence-corrected chi connectivity index (χ2v) is 12.8. The summed E-state index contributed by atoms with van der Waals surface area (Å²) < 4.78 is 0. The molecule has 9 atom stereocenters. The van der Waals surface area contributed by atoms with Crippen LogP contribution in [0, 0.1) is 45.8 Å². The Kier molecular flexibility index (Phi) is 8.15. The van der Waals surface area contributed by atoms with E-state index < -0.39 is 0 Å². The van der Waals surface area contributed by atoms with Crippen molar-refractivity contribution in [2.24, 2.45) is 51.6 Å². The van der Waals surface area contributed by atoms with Crippen LogP contribution in [0.1, 0.15) is 113 Å². The lowest BCUT2D eigenvalue weighted by Crippen LogP contribution is -2.60. The molecule has 1 nitrogen and oxygen atoms in total. The number of allylic oxidation sites excluding steroid dienone is 4. The number of fused-ring (bicyclic) bond motifs is 7.